The number of benzene rings is 1. The monoisotopic (exact) mass is 267 g/mol. The van der Waals surface area contributed by atoms with Crippen LogP contribution >= 0.6 is 8.03 Å². The smallest absolute Gasteiger partial charge is 0.206 e. The molecular weight excluding hydrogens is 259 g/mol. The summed E-state index contributed by atoms with van der Waals surface area (Å²) in [7, 11) is -2.60. The van der Waals surface area contributed by atoms with Crippen LogP contribution in [0.1, 0.15) is 5.56 Å². The lowest BCUT2D eigenvalue weighted by Gasteiger charge is -1.98. The zero-order chi connectivity index (χ0) is 12.9. The summed E-state index contributed by atoms with van der Waals surface area (Å²) in [5, 5.41) is 0. The molecule has 1 rings (SSSR count). The summed E-state index contributed by atoms with van der Waals surface area (Å²) in [6.07, 6.45) is -3.42. The number of hydrogen-bond donors (Lipinski definition) is 0. The highest BCUT2D eigenvalue weighted by atomic mass is 31.1. The van der Waals surface area contributed by atoms with Crippen molar-refractivity contribution in [3.05, 3.63) is 41.5 Å². The van der Waals surface area contributed by atoms with Gasteiger partial charge in [0, 0.05) is 5.56 Å². The minimum atomic E-state index is -4.53. The molecule has 92 valence electrons. The molecule has 0 N–H and O–H groups in total. The van der Waals surface area contributed by atoms with Gasteiger partial charge in [-0.05, 0) is 16.7 Å². The van der Waals surface area contributed by atoms with Crippen molar-refractivity contribution in [3.63, 3.8) is 0 Å². The maximum Gasteiger partial charge on any atom is 0.541 e. The highest BCUT2D eigenvalue weighted by Crippen LogP contribution is 2.29. The highest BCUT2D eigenvalue weighted by Gasteiger charge is 2.32. The summed E-state index contributed by atoms with van der Waals surface area (Å²) >= 11 is 0. The zero-order valence-electron chi connectivity index (χ0n) is 8.45. The van der Waals surface area contributed by atoms with E-state index in [0.29, 0.717) is 0 Å². The van der Waals surface area contributed by atoms with E-state index in [2.05, 4.69) is 4.52 Å². The molecule has 1 aromatic rings. The molecule has 0 radical (unpaired) electrons. The Hall–Kier alpha value is -1.26. The normalized spacial score (nSPS) is 13.1. The lowest BCUT2D eigenvalue weighted by molar-refractivity contribution is -0.152. The Kier molecular flexibility index (Phi) is 4.78. The van der Waals surface area contributed by atoms with Crippen LogP contribution in [0.15, 0.2) is 30.1 Å². The van der Waals surface area contributed by atoms with Gasteiger partial charge in [0.25, 0.3) is 0 Å². The molecule has 7 heteroatoms. The maximum absolute atomic E-state index is 13.0. The Morgan fingerprint density at radius 3 is 2.53 bits per heavy atom. The van der Waals surface area contributed by atoms with Gasteiger partial charge in [-0.25, -0.2) is 4.39 Å². The lowest BCUT2D eigenvalue weighted by atomic mass is 10.2. The summed E-state index contributed by atoms with van der Waals surface area (Å²) < 4.78 is 63.2. The minimum absolute atomic E-state index is 0.131. The van der Waals surface area contributed by atoms with Gasteiger partial charge in [-0.2, -0.15) is 13.2 Å². The SMILES string of the molecule is O=[P+](C=Cc1ccccc1F)OCC(F)(F)F. The van der Waals surface area contributed by atoms with Crippen LogP contribution < -0.4 is 0 Å². The Morgan fingerprint density at radius 1 is 1.29 bits per heavy atom. The second kappa shape index (κ2) is 5.89. The number of halogens is 4. The molecule has 0 aromatic heterocycles. The van der Waals surface area contributed by atoms with Gasteiger partial charge in [-0.1, -0.05) is 18.2 Å². The summed E-state index contributed by atoms with van der Waals surface area (Å²) in [5.74, 6) is 0.336. The Morgan fingerprint density at radius 2 is 1.94 bits per heavy atom. The Labute approximate surface area is 95.8 Å². The van der Waals surface area contributed by atoms with Crippen molar-refractivity contribution in [1.29, 1.82) is 0 Å². The molecule has 2 nitrogen and oxygen atoms in total. The lowest BCUT2D eigenvalue weighted by Crippen LogP contribution is -2.14. The third-order valence-corrected chi connectivity index (χ3v) is 2.41. The summed E-state index contributed by atoms with van der Waals surface area (Å²) in [5.41, 5.74) is 0.131. The van der Waals surface area contributed by atoms with Crippen LogP contribution in [0.5, 0.6) is 0 Å². The van der Waals surface area contributed by atoms with Crippen LogP contribution in [0, 0.1) is 5.82 Å². The van der Waals surface area contributed by atoms with Crippen molar-refractivity contribution in [2.24, 2.45) is 0 Å². The Balaban J connectivity index is 2.55. The predicted molar refractivity (Wildman–Crippen MR) is 55.0 cm³/mol. The van der Waals surface area contributed by atoms with E-state index in [1.54, 1.807) is 6.07 Å². The average Bonchev–Trinajstić information content (AvgIpc) is 2.24. The molecule has 0 heterocycles. The van der Waals surface area contributed by atoms with E-state index < -0.39 is 26.6 Å². The van der Waals surface area contributed by atoms with Crippen molar-refractivity contribution in [2.75, 3.05) is 6.61 Å². The summed E-state index contributed by atoms with van der Waals surface area (Å²) in [6, 6.07) is 5.60. The van der Waals surface area contributed by atoms with E-state index in [4.69, 9.17) is 0 Å². The standard InChI is InChI=1S/C10H8F4O2P/c11-9-4-2-1-3-8(9)5-6-17(15)16-7-10(12,13)14/h1-6H,7H2/q+1. The van der Waals surface area contributed by atoms with E-state index in [9.17, 15) is 22.1 Å². The van der Waals surface area contributed by atoms with Crippen LogP contribution in [0.3, 0.4) is 0 Å². The van der Waals surface area contributed by atoms with Gasteiger partial charge in [0.1, 0.15) is 5.82 Å². The van der Waals surface area contributed by atoms with Gasteiger partial charge < -0.3 is 0 Å². The van der Waals surface area contributed by atoms with Crippen LogP contribution in [0.4, 0.5) is 17.6 Å². The fraction of sp³-hybridized carbons (Fsp3) is 0.200. The van der Waals surface area contributed by atoms with Crippen molar-refractivity contribution in [3.8, 4) is 0 Å². The number of hydrogen-bond acceptors (Lipinski definition) is 2. The second-order valence-electron chi connectivity index (χ2n) is 3.01. The first-order chi connectivity index (χ1) is 7.88. The zero-order valence-corrected chi connectivity index (χ0v) is 9.34. The molecule has 0 saturated heterocycles. The van der Waals surface area contributed by atoms with Crippen LogP contribution in [0.2, 0.25) is 0 Å². The molecule has 0 spiro atoms. The minimum Gasteiger partial charge on any atom is -0.206 e. The van der Waals surface area contributed by atoms with Gasteiger partial charge in [0.2, 0.25) is 0 Å². The quantitative estimate of drug-likeness (QED) is 0.606. The van der Waals surface area contributed by atoms with Crippen molar-refractivity contribution >= 4 is 14.1 Å². The molecule has 0 fully saturated rings. The average molecular weight is 267 g/mol. The molecule has 0 amide bonds. The second-order valence-corrected chi connectivity index (χ2v) is 4.14. The maximum atomic E-state index is 13.0. The molecule has 0 bridgehead atoms. The van der Waals surface area contributed by atoms with Gasteiger partial charge >= 0.3 is 14.2 Å². The summed E-state index contributed by atoms with van der Waals surface area (Å²) in [6.45, 7) is -1.59. The van der Waals surface area contributed by atoms with Crippen LogP contribution in [-0.2, 0) is 9.09 Å². The molecule has 0 aliphatic heterocycles. The van der Waals surface area contributed by atoms with E-state index >= 15 is 0 Å². The highest BCUT2D eigenvalue weighted by molar-refractivity contribution is 7.43. The van der Waals surface area contributed by atoms with E-state index in [1.165, 1.54) is 18.2 Å². The molecule has 1 atom stereocenters. The first kappa shape index (κ1) is 13.8. The molecule has 0 saturated carbocycles. The van der Waals surface area contributed by atoms with E-state index in [-0.39, 0.29) is 5.56 Å². The molecule has 1 unspecified atom stereocenters. The number of alkyl halides is 3. The fourth-order valence-electron chi connectivity index (χ4n) is 0.931. The molecule has 1 aromatic carbocycles. The van der Waals surface area contributed by atoms with Crippen molar-refractivity contribution < 1.29 is 26.7 Å². The number of rotatable bonds is 4. The van der Waals surface area contributed by atoms with Crippen LogP contribution in [-0.4, -0.2) is 12.8 Å². The van der Waals surface area contributed by atoms with Gasteiger partial charge in [0.15, 0.2) is 12.4 Å². The van der Waals surface area contributed by atoms with Crippen LogP contribution in [0.25, 0.3) is 6.08 Å². The first-order valence-electron chi connectivity index (χ1n) is 4.47. The van der Waals surface area contributed by atoms with E-state index in [0.717, 1.165) is 11.9 Å². The van der Waals surface area contributed by atoms with Gasteiger partial charge in [0.05, 0.1) is 0 Å². The van der Waals surface area contributed by atoms with Gasteiger partial charge in [-0.3, -0.25) is 0 Å². The Bertz CT molecular complexity index is 429. The van der Waals surface area contributed by atoms with Crippen molar-refractivity contribution in [1.82, 2.24) is 0 Å². The summed E-state index contributed by atoms with van der Waals surface area (Å²) in [4.78, 5) is 0. The van der Waals surface area contributed by atoms with E-state index in [1.807, 2.05) is 0 Å². The fourth-order valence-corrected chi connectivity index (χ4v) is 1.57. The third kappa shape index (κ3) is 5.56. The third-order valence-electron chi connectivity index (χ3n) is 1.64. The molecular formula is C10H8F4O2P+. The first-order valence-corrected chi connectivity index (χ1v) is 5.72. The molecule has 0 aliphatic carbocycles. The molecule has 0 aliphatic rings. The van der Waals surface area contributed by atoms with Gasteiger partial charge in [-0.15, -0.1) is 4.52 Å². The topological polar surface area (TPSA) is 26.3 Å². The largest absolute Gasteiger partial charge is 0.541 e. The van der Waals surface area contributed by atoms with Crippen molar-refractivity contribution in [2.45, 2.75) is 6.18 Å². The molecule has 17 heavy (non-hydrogen) atoms. The predicted octanol–water partition coefficient (Wildman–Crippen LogP) is 4.12.